The molecule has 0 radical (unpaired) electrons. The number of hydrogen-bond donors (Lipinski definition) is 2. The first-order chi connectivity index (χ1) is 10.9. The van der Waals surface area contributed by atoms with E-state index in [2.05, 4.69) is 10.1 Å². The largest absolute Gasteiger partial charge is 0.493 e. The van der Waals surface area contributed by atoms with Gasteiger partial charge in [0, 0.05) is 13.6 Å². The summed E-state index contributed by atoms with van der Waals surface area (Å²) in [4.78, 5) is 24.2. The average Bonchev–Trinajstić information content (AvgIpc) is 2.51. The Morgan fingerprint density at radius 2 is 2.04 bits per heavy atom. The summed E-state index contributed by atoms with van der Waals surface area (Å²) in [6, 6.07) is 4.47. The fourth-order valence-electron chi connectivity index (χ4n) is 1.75. The van der Waals surface area contributed by atoms with E-state index in [4.69, 9.17) is 10.5 Å². The van der Waals surface area contributed by atoms with E-state index in [1.807, 2.05) is 0 Å². The fraction of sp³-hybridized carbons (Fsp3) is 0.429. The predicted molar refractivity (Wildman–Crippen MR) is 78.2 cm³/mol. The second-order valence-electron chi connectivity index (χ2n) is 4.59. The number of amides is 2. The topological polar surface area (TPSA) is 93.9 Å². The zero-order valence-corrected chi connectivity index (χ0v) is 12.8. The molecule has 0 fully saturated rings. The molecule has 0 saturated heterocycles. The molecule has 0 spiro atoms. The lowest BCUT2D eigenvalue weighted by Gasteiger charge is -2.18. The van der Waals surface area contributed by atoms with E-state index >= 15 is 0 Å². The van der Waals surface area contributed by atoms with Crippen molar-refractivity contribution in [2.75, 3.05) is 27.2 Å². The Morgan fingerprint density at radius 1 is 1.35 bits per heavy atom. The third kappa shape index (κ3) is 6.07. The van der Waals surface area contributed by atoms with E-state index in [9.17, 15) is 18.4 Å². The molecule has 7 nitrogen and oxygen atoms in total. The molecule has 9 heteroatoms. The molecule has 0 unspecified atom stereocenters. The van der Waals surface area contributed by atoms with Crippen LogP contribution in [-0.2, 0) is 16.1 Å². The number of carbonyl (C=O) groups is 2. The summed E-state index contributed by atoms with van der Waals surface area (Å²) in [5, 5.41) is 2.36. The van der Waals surface area contributed by atoms with Crippen LogP contribution in [0.1, 0.15) is 5.56 Å². The number of alkyl halides is 2. The molecular weight excluding hydrogens is 312 g/mol. The molecule has 0 aromatic heterocycles. The van der Waals surface area contributed by atoms with Crippen molar-refractivity contribution in [2.24, 2.45) is 5.73 Å². The van der Waals surface area contributed by atoms with Crippen molar-refractivity contribution in [1.82, 2.24) is 10.2 Å². The van der Waals surface area contributed by atoms with Crippen LogP contribution in [0.2, 0.25) is 0 Å². The molecule has 0 aliphatic rings. The summed E-state index contributed by atoms with van der Waals surface area (Å²) >= 11 is 0. The first kappa shape index (κ1) is 18.6. The Bertz CT molecular complexity index is 555. The van der Waals surface area contributed by atoms with Crippen molar-refractivity contribution in [2.45, 2.75) is 13.2 Å². The number of benzene rings is 1. The van der Waals surface area contributed by atoms with E-state index in [0.29, 0.717) is 5.56 Å². The van der Waals surface area contributed by atoms with Gasteiger partial charge in [0.05, 0.1) is 20.2 Å². The van der Waals surface area contributed by atoms with Crippen LogP contribution in [0.3, 0.4) is 0 Å². The molecule has 0 bridgehead atoms. The van der Waals surface area contributed by atoms with Crippen LogP contribution in [-0.4, -0.2) is 50.6 Å². The summed E-state index contributed by atoms with van der Waals surface area (Å²) in [5.41, 5.74) is 5.69. The number of carbonyl (C=O) groups excluding carboxylic acids is 2. The van der Waals surface area contributed by atoms with Crippen LogP contribution in [0.4, 0.5) is 8.78 Å². The molecule has 1 aromatic rings. The van der Waals surface area contributed by atoms with E-state index < -0.39 is 12.5 Å². The highest BCUT2D eigenvalue weighted by molar-refractivity contribution is 5.85. The van der Waals surface area contributed by atoms with Gasteiger partial charge < -0.3 is 25.4 Å². The maximum Gasteiger partial charge on any atom is 0.387 e. The van der Waals surface area contributed by atoms with Crippen molar-refractivity contribution < 1.29 is 27.8 Å². The summed E-state index contributed by atoms with van der Waals surface area (Å²) in [5.74, 6) is -0.738. The van der Waals surface area contributed by atoms with Gasteiger partial charge in [0.25, 0.3) is 0 Å². The van der Waals surface area contributed by atoms with Crippen molar-refractivity contribution in [3.8, 4) is 11.5 Å². The predicted octanol–water partition coefficient (Wildman–Crippen LogP) is 0.330. The maximum atomic E-state index is 12.4. The second kappa shape index (κ2) is 8.89. The van der Waals surface area contributed by atoms with Gasteiger partial charge in [-0.05, 0) is 17.7 Å². The van der Waals surface area contributed by atoms with E-state index in [1.54, 1.807) is 6.07 Å². The van der Waals surface area contributed by atoms with Crippen LogP contribution in [0.5, 0.6) is 11.5 Å². The minimum absolute atomic E-state index is 0.114. The normalized spacial score (nSPS) is 10.3. The molecule has 23 heavy (non-hydrogen) atoms. The quantitative estimate of drug-likeness (QED) is 0.716. The highest BCUT2D eigenvalue weighted by Gasteiger charge is 2.14. The van der Waals surface area contributed by atoms with Gasteiger partial charge in [-0.2, -0.15) is 8.78 Å². The monoisotopic (exact) mass is 331 g/mol. The number of nitrogens with zero attached hydrogens (tertiary/aromatic N) is 1. The number of halogens is 2. The van der Waals surface area contributed by atoms with Crippen molar-refractivity contribution in [1.29, 1.82) is 0 Å². The van der Waals surface area contributed by atoms with Crippen LogP contribution in [0, 0.1) is 0 Å². The second-order valence-corrected chi connectivity index (χ2v) is 4.59. The Balaban J connectivity index is 2.72. The van der Waals surface area contributed by atoms with Gasteiger partial charge in [-0.3, -0.25) is 9.59 Å². The molecule has 2 amide bonds. The number of methoxy groups -OCH3 is 1. The number of ether oxygens (including phenoxy) is 2. The zero-order valence-electron chi connectivity index (χ0n) is 12.8. The molecular formula is C14H19F2N3O4. The molecule has 0 aliphatic heterocycles. The summed E-state index contributed by atoms with van der Waals surface area (Å²) in [6.45, 7) is -3.22. The fourth-order valence-corrected chi connectivity index (χ4v) is 1.75. The van der Waals surface area contributed by atoms with Crippen LogP contribution in [0.25, 0.3) is 0 Å². The molecule has 0 heterocycles. The van der Waals surface area contributed by atoms with E-state index in [-0.39, 0.29) is 37.0 Å². The van der Waals surface area contributed by atoms with Crippen molar-refractivity contribution in [3.63, 3.8) is 0 Å². The average molecular weight is 331 g/mol. The third-order valence-corrected chi connectivity index (χ3v) is 2.91. The number of hydrogen-bond acceptors (Lipinski definition) is 5. The summed E-state index contributed by atoms with van der Waals surface area (Å²) in [6.07, 6.45) is 0. The van der Waals surface area contributed by atoms with Gasteiger partial charge in [0.2, 0.25) is 11.8 Å². The van der Waals surface area contributed by atoms with Crippen LogP contribution < -0.4 is 20.5 Å². The number of rotatable bonds is 8. The van der Waals surface area contributed by atoms with Gasteiger partial charge >= 0.3 is 6.61 Å². The Morgan fingerprint density at radius 3 is 2.61 bits per heavy atom. The van der Waals surface area contributed by atoms with Crippen molar-refractivity contribution in [3.05, 3.63) is 23.8 Å². The molecule has 0 aliphatic carbocycles. The van der Waals surface area contributed by atoms with Gasteiger partial charge in [-0.15, -0.1) is 0 Å². The lowest BCUT2D eigenvalue weighted by atomic mass is 10.2. The molecule has 1 aromatic carbocycles. The van der Waals surface area contributed by atoms with Crippen molar-refractivity contribution >= 4 is 11.8 Å². The summed E-state index contributed by atoms with van der Waals surface area (Å²) in [7, 11) is 2.86. The smallest absolute Gasteiger partial charge is 0.387 e. The highest BCUT2D eigenvalue weighted by atomic mass is 19.3. The molecule has 0 atom stereocenters. The molecule has 1 rings (SSSR count). The maximum absolute atomic E-state index is 12.4. The van der Waals surface area contributed by atoms with Gasteiger partial charge in [0.1, 0.15) is 0 Å². The van der Waals surface area contributed by atoms with Gasteiger partial charge in [-0.1, -0.05) is 6.07 Å². The lowest BCUT2D eigenvalue weighted by Crippen LogP contribution is -2.40. The first-order valence-corrected chi connectivity index (χ1v) is 6.69. The number of likely N-dealkylation sites (N-methyl/N-ethyl adjacent to an activating group) is 1. The standard InChI is InChI=1S/C14H19F2N3O4/c1-19(13(21)7-18-12(20)6-17)8-9-3-4-10(22-2)11(5-9)23-14(15)16/h3-5,14H,6-8,17H2,1-2H3,(H,18,20). The summed E-state index contributed by atoms with van der Waals surface area (Å²) < 4.78 is 34.1. The zero-order chi connectivity index (χ0) is 17.4. The van der Waals surface area contributed by atoms with Gasteiger partial charge in [0.15, 0.2) is 11.5 Å². The number of nitrogens with two attached hydrogens (primary N) is 1. The number of nitrogens with one attached hydrogen (secondary N) is 1. The van der Waals surface area contributed by atoms with E-state index in [1.165, 1.54) is 31.2 Å². The van der Waals surface area contributed by atoms with Crippen LogP contribution in [0.15, 0.2) is 18.2 Å². The first-order valence-electron chi connectivity index (χ1n) is 6.69. The molecule has 128 valence electrons. The molecule has 0 saturated carbocycles. The Labute approximate surface area is 132 Å². The van der Waals surface area contributed by atoms with Gasteiger partial charge in [-0.25, -0.2) is 0 Å². The Hall–Kier alpha value is -2.42. The highest BCUT2D eigenvalue weighted by Crippen LogP contribution is 2.29. The minimum atomic E-state index is -2.98. The third-order valence-electron chi connectivity index (χ3n) is 2.91. The minimum Gasteiger partial charge on any atom is -0.493 e. The SMILES string of the molecule is COc1ccc(CN(C)C(=O)CNC(=O)CN)cc1OC(F)F. The van der Waals surface area contributed by atoms with Crippen LogP contribution >= 0.6 is 0 Å². The van der Waals surface area contributed by atoms with E-state index in [0.717, 1.165) is 0 Å². The lowest BCUT2D eigenvalue weighted by molar-refractivity contribution is -0.131. The Kier molecular flexibility index (Phi) is 7.20. The molecule has 3 N–H and O–H groups in total.